The van der Waals surface area contributed by atoms with Crippen molar-refractivity contribution in [1.29, 1.82) is 0 Å². The molecular weight excluding hydrogens is 343 g/mol. The number of halogens is 1. The molecule has 4 rings (SSSR count). The summed E-state index contributed by atoms with van der Waals surface area (Å²) in [5, 5.41) is 15.9. The van der Waals surface area contributed by atoms with E-state index in [-0.39, 0.29) is 12.1 Å². The van der Waals surface area contributed by atoms with E-state index in [0.717, 1.165) is 42.3 Å². The molecule has 1 aliphatic heterocycles. The van der Waals surface area contributed by atoms with E-state index >= 15 is 0 Å². The second-order valence-electron chi connectivity index (χ2n) is 8.28. The van der Waals surface area contributed by atoms with Crippen LogP contribution in [0.3, 0.4) is 0 Å². The molecule has 1 N–H and O–H groups in total. The zero-order valence-electron chi connectivity index (χ0n) is 16.1. The molecule has 1 saturated carbocycles. The number of fused-ring (bicyclic) bond motifs is 1. The highest BCUT2D eigenvalue weighted by Crippen LogP contribution is 2.37. The van der Waals surface area contributed by atoms with Crippen LogP contribution < -0.4 is 0 Å². The Morgan fingerprint density at radius 3 is 2.63 bits per heavy atom. The highest BCUT2D eigenvalue weighted by atomic mass is 19.1. The smallest absolute Gasteiger partial charge is 0.218 e. The Kier molecular flexibility index (Phi) is 4.54. The summed E-state index contributed by atoms with van der Waals surface area (Å²) in [4.78, 5) is 6.89. The molecular formula is C21H27FN4O. The quantitative estimate of drug-likeness (QED) is 0.882. The highest BCUT2D eigenvalue weighted by Gasteiger charge is 2.35. The Hall–Kier alpha value is -2.21. The largest absolute Gasteiger partial charge is 0.390 e. The number of benzene rings is 1. The third kappa shape index (κ3) is 3.38. The van der Waals surface area contributed by atoms with Crippen LogP contribution in [0.4, 0.5) is 4.39 Å². The Labute approximate surface area is 159 Å². The third-order valence-electron chi connectivity index (χ3n) is 6.02. The minimum atomic E-state index is -0.632. The molecule has 1 aliphatic carbocycles. The summed E-state index contributed by atoms with van der Waals surface area (Å²) in [5.74, 6) is 0.0579. The Morgan fingerprint density at radius 2 is 1.93 bits per heavy atom. The van der Waals surface area contributed by atoms with Crippen molar-refractivity contribution in [3.05, 3.63) is 42.0 Å². The first-order chi connectivity index (χ1) is 12.8. The van der Waals surface area contributed by atoms with Gasteiger partial charge in [-0.1, -0.05) is 0 Å². The van der Waals surface area contributed by atoms with Crippen LogP contribution in [0.5, 0.6) is 0 Å². The average molecular weight is 370 g/mol. The molecule has 6 heteroatoms. The van der Waals surface area contributed by atoms with Gasteiger partial charge in [0, 0.05) is 23.8 Å². The SMILES string of the molecule is Cc1nn(C2N=CC=CN2[C@H]2CC[C@H](C(C)(C)O)CC2)c2cc(F)ccc12. The van der Waals surface area contributed by atoms with Crippen molar-refractivity contribution in [1.82, 2.24) is 14.7 Å². The molecule has 2 aliphatic rings. The first kappa shape index (κ1) is 18.2. The van der Waals surface area contributed by atoms with Gasteiger partial charge in [-0.3, -0.25) is 0 Å². The van der Waals surface area contributed by atoms with Crippen molar-refractivity contribution in [3.8, 4) is 0 Å². The Bertz CT molecular complexity index is 887. The number of allylic oxidation sites excluding steroid dienone is 1. The van der Waals surface area contributed by atoms with Gasteiger partial charge in [0.05, 0.1) is 16.8 Å². The van der Waals surface area contributed by atoms with Gasteiger partial charge in [-0.2, -0.15) is 5.10 Å². The average Bonchev–Trinajstić information content (AvgIpc) is 2.97. The molecule has 1 aromatic carbocycles. The van der Waals surface area contributed by atoms with E-state index in [1.54, 1.807) is 12.3 Å². The minimum Gasteiger partial charge on any atom is -0.390 e. The van der Waals surface area contributed by atoms with Gasteiger partial charge in [0.2, 0.25) is 6.29 Å². The van der Waals surface area contributed by atoms with Gasteiger partial charge >= 0.3 is 0 Å². The number of aliphatic imine (C=N–C) groups is 1. The van der Waals surface area contributed by atoms with Crippen LogP contribution in [0.2, 0.25) is 0 Å². The van der Waals surface area contributed by atoms with E-state index in [9.17, 15) is 9.50 Å². The van der Waals surface area contributed by atoms with Crippen LogP contribution in [-0.2, 0) is 0 Å². The molecule has 144 valence electrons. The van der Waals surface area contributed by atoms with Crippen LogP contribution in [-0.4, -0.2) is 37.6 Å². The summed E-state index contributed by atoms with van der Waals surface area (Å²) < 4.78 is 15.7. The van der Waals surface area contributed by atoms with E-state index in [1.165, 1.54) is 12.1 Å². The number of nitrogens with zero attached hydrogens (tertiary/aromatic N) is 4. The lowest BCUT2D eigenvalue weighted by Crippen LogP contribution is -2.43. The van der Waals surface area contributed by atoms with Crippen molar-refractivity contribution in [2.75, 3.05) is 0 Å². The summed E-state index contributed by atoms with van der Waals surface area (Å²) in [6.07, 6.45) is 9.45. The molecule has 0 spiro atoms. The van der Waals surface area contributed by atoms with Gasteiger partial charge in [-0.15, -0.1) is 0 Å². The molecule has 1 atom stereocenters. The van der Waals surface area contributed by atoms with E-state index in [4.69, 9.17) is 0 Å². The lowest BCUT2D eigenvalue weighted by Gasteiger charge is -2.42. The van der Waals surface area contributed by atoms with E-state index < -0.39 is 5.60 Å². The fraction of sp³-hybridized carbons (Fsp3) is 0.524. The molecule has 5 nitrogen and oxygen atoms in total. The number of hydrogen-bond donors (Lipinski definition) is 1. The summed E-state index contributed by atoms with van der Waals surface area (Å²) in [6, 6.07) is 5.12. The van der Waals surface area contributed by atoms with Gasteiger partial charge in [0.25, 0.3) is 0 Å². The molecule has 2 aromatic rings. The lowest BCUT2D eigenvalue weighted by molar-refractivity contribution is -0.0144. The third-order valence-corrected chi connectivity index (χ3v) is 6.02. The highest BCUT2D eigenvalue weighted by molar-refractivity contribution is 5.82. The zero-order valence-corrected chi connectivity index (χ0v) is 16.1. The van der Waals surface area contributed by atoms with Gasteiger partial charge in [0.15, 0.2) is 0 Å². The predicted molar refractivity (Wildman–Crippen MR) is 105 cm³/mol. The predicted octanol–water partition coefficient (Wildman–Crippen LogP) is 4.17. The summed E-state index contributed by atoms with van der Waals surface area (Å²) in [6.45, 7) is 5.75. The Balaban J connectivity index is 1.63. The van der Waals surface area contributed by atoms with Gasteiger partial charge in [0.1, 0.15) is 5.82 Å². The summed E-state index contributed by atoms with van der Waals surface area (Å²) in [5.41, 5.74) is 1.01. The molecule has 2 heterocycles. The monoisotopic (exact) mass is 370 g/mol. The topological polar surface area (TPSA) is 53.7 Å². The van der Waals surface area contributed by atoms with Crippen LogP contribution >= 0.6 is 0 Å². The van der Waals surface area contributed by atoms with E-state index in [0.29, 0.717) is 12.0 Å². The number of hydrogen-bond acceptors (Lipinski definition) is 4. The lowest BCUT2D eigenvalue weighted by atomic mass is 9.77. The maximum absolute atomic E-state index is 13.9. The number of rotatable bonds is 3. The van der Waals surface area contributed by atoms with Crippen molar-refractivity contribution in [3.63, 3.8) is 0 Å². The van der Waals surface area contributed by atoms with Crippen LogP contribution in [0.1, 0.15) is 51.5 Å². The fourth-order valence-corrected chi connectivity index (χ4v) is 4.44. The van der Waals surface area contributed by atoms with Crippen LogP contribution in [0, 0.1) is 18.7 Å². The van der Waals surface area contributed by atoms with Crippen molar-refractivity contribution < 1.29 is 9.50 Å². The summed E-state index contributed by atoms with van der Waals surface area (Å²) in [7, 11) is 0. The van der Waals surface area contributed by atoms with Crippen molar-refractivity contribution in [2.24, 2.45) is 10.9 Å². The van der Waals surface area contributed by atoms with Crippen LogP contribution in [0.15, 0.2) is 35.5 Å². The standard InChI is InChI=1S/C21H27FN4O/c1-14-18-10-7-16(22)13-19(18)26(24-14)20-23-11-4-12-25(20)17-8-5-15(6-9-17)21(2,3)27/h4,7,10-13,15,17,20,27H,5-6,8-9H2,1-3H3/t15-,17-,20?. The maximum atomic E-state index is 13.9. The zero-order chi connectivity index (χ0) is 19.2. The van der Waals surface area contributed by atoms with E-state index in [1.807, 2.05) is 31.5 Å². The summed E-state index contributed by atoms with van der Waals surface area (Å²) >= 11 is 0. The molecule has 0 bridgehead atoms. The molecule has 0 amide bonds. The Morgan fingerprint density at radius 1 is 1.19 bits per heavy atom. The molecule has 0 saturated heterocycles. The molecule has 1 aromatic heterocycles. The molecule has 1 fully saturated rings. The second kappa shape index (κ2) is 6.75. The molecule has 0 radical (unpaired) electrons. The van der Waals surface area contributed by atoms with Crippen LogP contribution in [0.25, 0.3) is 10.9 Å². The van der Waals surface area contributed by atoms with Gasteiger partial charge in [-0.05, 0) is 76.6 Å². The molecule has 1 unspecified atom stereocenters. The first-order valence-corrected chi connectivity index (χ1v) is 9.69. The van der Waals surface area contributed by atoms with Gasteiger partial charge in [-0.25, -0.2) is 14.1 Å². The normalized spacial score (nSPS) is 26.1. The van der Waals surface area contributed by atoms with Crippen molar-refractivity contribution in [2.45, 2.75) is 64.4 Å². The number of aryl methyl sites for hydroxylation is 1. The minimum absolute atomic E-state index is 0.267. The fourth-order valence-electron chi connectivity index (χ4n) is 4.44. The first-order valence-electron chi connectivity index (χ1n) is 9.69. The van der Waals surface area contributed by atoms with E-state index in [2.05, 4.69) is 21.2 Å². The molecule has 27 heavy (non-hydrogen) atoms. The number of aromatic nitrogens is 2. The maximum Gasteiger partial charge on any atom is 0.218 e. The van der Waals surface area contributed by atoms with Gasteiger partial charge < -0.3 is 10.0 Å². The van der Waals surface area contributed by atoms with Crippen molar-refractivity contribution >= 4 is 17.1 Å². The second-order valence-corrected chi connectivity index (χ2v) is 8.28. The number of aliphatic hydroxyl groups is 1.